The van der Waals surface area contributed by atoms with Crippen molar-refractivity contribution >= 4 is 17.2 Å². The second-order valence-electron chi connectivity index (χ2n) is 6.22. The van der Waals surface area contributed by atoms with Crippen molar-refractivity contribution in [1.29, 1.82) is 0 Å². The highest BCUT2D eigenvalue weighted by molar-refractivity contribution is 7.13. The van der Waals surface area contributed by atoms with Crippen LogP contribution >= 0.6 is 11.3 Å². The maximum Gasteiger partial charge on any atom is 0.145 e. The summed E-state index contributed by atoms with van der Waals surface area (Å²) in [6, 6.07) is 13.8. The Balaban J connectivity index is 1.66. The SMILES string of the molecule is C[C@H](Cc1ccco1)n1cc(O)c(-c2nc(-c3ccccc3)cs2)c1N. The summed E-state index contributed by atoms with van der Waals surface area (Å²) < 4.78 is 7.28. The summed E-state index contributed by atoms with van der Waals surface area (Å²) >= 11 is 1.47. The lowest BCUT2D eigenvalue weighted by atomic mass is 10.2. The summed E-state index contributed by atoms with van der Waals surface area (Å²) in [7, 11) is 0. The molecular weight excluding hydrogens is 346 g/mol. The Morgan fingerprint density at radius 1 is 1.23 bits per heavy atom. The molecular formula is C20H19N3O2S. The van der Waals surface area contributed by atoms with Gasteiger partial charge in [-0.2, -0.15) is 0 Å². The topological polar surface area (TPSA) is 77.2 Å². The number of hydrogen-bond donors (Lipinski definition) is 2. The lowest BCUT2D eigenvalue weighted by molar-refractivity contribution is 0.443. The van der Waals surface area contributed by atoms with Crippen molar-refractivity contribution in [2.45, 2.75) is 19.4 Å². The molecule has 26 heavy (non-hydrogen) atoms. The van der Waals surface area contributed by atoms with Gasteiger partial charge in [-0.1, -0.05) is 30.3 Å². The number of hydrogen-bond acceptors (Lipinski definition) is 5. The molecule has 0 aliphatic rings. The highest BCUT2D eigenvalue weighted by Crippen LogP contribution is 2.41. The molecule has 132 valence electrons. The summed E-state index contributed by atoms with van der Waals surface area (Å²) in [5, 5.41) is 13.2. The number of rotatable bonds is 5. The molecule has 0 saturated heterocycles. The van der Waals surface area contributed by atoms with Crippen molar-refractivity contribution in [3.8, 4) is 27.6 Å². The van der Waals surface area contributed by atoms with E-state index in [2.05, 4.69) is 4.98 Å². The van der Waals surface area contributed by atoms with E-state index in [0.717, 1.165) is 17.0 Å². The van der Waals surface area contributed by atoms with Crippen LogP contribution in [-0.4, -0.2) is 14.7 Å². The third-order valence-corrected chi connectivity index (χ3v) is 5.25. The molecule has 1 aromatic carbocycles. The number of nitrogens with two attached hydrogens (primary N) is 1. The number of aromatic nitrogens is 2. The standard InChI is InChI=1S/C20H19N3O2S/c1-13(10-15-8-5-9-25-15)23-11-17(24)18(19(23)21)20-22-16(12-26-20)14-6-3-2-4-7-14/h2-9,11-13,24H,10,21H2,1H3/t13-/m1/s1. The molecule has 6 heteroatoms. The first kappa shape index (κ1) is 16.5. The third-order valence-electron chi connectivity index (χ3n) is 4.39. The van der Waals surface area contributed by atoms with E-state index in [4.69, 9.17) is 10.2 Å². The van der Waals surface area contributed by atoms with Crippen LogP contribution in [-0.2, 0) is 6.42 Å². The highest BCUT2D eigenvalue weighted by Gasteiger charge is 2.21. The maximum atomic E-state index is 10.5. The Hall–Kier alpha value is -2.99. The number of aromatic hydroxyl groups is 1. The number of nitrogens with zero attached hydrogens (tertiary/aromatic N) is 2. The first-order valence-corrected chi connectivity index (χ1v) is 9.24. The first-order chi connectivity index (χ1) is 12.6. The van der Waals surface area contributed by atoms with E-state index in [1.807, 2.05) is 59.3 Å². The second-order valence-corrected chi connectivity index (χ2v) is 7.08. The molecule has 0 bridgehead atoms. The molecule has 1 atom stereocenters. The van der Waals surface area contributed by atoms with Crippen molar-refractivity contribution in [2.75, 3.05) is 5.73 Å². The molecule has 5 nitrogen and oxygen atoms in total. The van der Waals surface area contributed by atoms with Crippen molar-refractivity contribution in [2.24, 2.45) is 0 Å². The molecule has 4 rings (SSSR count). The number of nitrogen functional groups attached to an aromatic ring is 1. The minimum Gasteiger partial charge on any atom is -0.506 e. The zero-order chi connectivity index (χ0) is 18.1. The van der Waals surface area contributed by atoms with Gasteiger partial charge in [-0.05, 0) is 19.1 Å². The van der Waals surface area contributed by atoms with Crippen LogP contribution in [0.5, 0.6) is 5.75 Å². The largest absolute Gasteiger partial charge is 0.506 e. The maximum absolute atomic E-state index is 10.5. The van der Waals surface area contributed by atoms with E-state index in [1.165, 1.54) is 11.3 Å². The molecule has 0 aliphatic carbocycles. The van der Waals surface area contributed by atoms with Gasteiger partial charge >= 0.3 is 0 Å². The fourth-order valence-electron chi connectivity index (χ4n) is 3.06. The van der Waals surface area contributed by atoms with E-state index in [1.54, 1.807) is 12.5 Å². The lowest BCUT2D eigenvalue weighted by Crippen LogP contribution is -2.10. The number of benzene rings is 1. The fraction of sp³-hybridized carbons (Fsp3) is 0.150. The molecule has 3 heterocycles. The van der Waals surface area contributed by atoms with Gasteiger partial charge in [0.05, 0.1) is 17.5 Å². The monoisotopic (exact) mass is 365 g/mol. The van der Waals surface area contributed by atoms with Gasteiger partial charge < -0.3 is 19.8 Å². The number of anilines is 1. The van der Waals surface area contributed by atoms with E-state index in [9.17, 15) is 5.11 Å². The number of furan rings is 1. The van der Waals surface area contributed by atoms with E-state index < -0.39 is 0 Å². The predicted molar refractivity (Wildman–Crippen MR) is 104 cm³/mol. The summed E-state index contributed by atoms with van der Waals surface area (Å²) in [6.07, 6.45) is 4.02. The molecule has 0 spiro atoms. The van der Waals surface area contributed by atoms with Crippen LogP contribution in [0.4, 0.5) is 5.82 Å². The zero-order valence-corrected chi connectivity index (χ0v) is 15.1. The van der Waals surface area contributed by atoms with E-state index in [0.29, 0.717) is 22.8 Å². The van der Waals surface area contributed by atoms with Gasteiger partial charge in [-0.25, -0.2) is 4.98 Å². The molecule has 3 aromatic heterocycles. The lowest BCUT2D eigenvalue weighted by Gasteiger charge is -2.14. The molecule has 0 aliphatic heterocycles. The molecule has 0 saturated carbocycles. The Kier molecular flexibility index (Phi) is 4.26. The highest BCUT2D eigenvalue weighted by atomic mass is 32.1. The zero-order valence-electron chi connectivity index (χ0n) is 14.3. The van der Waals surface area contributed by atoms with Crippen LogP contribution in [0.3, 0.4) is 0 Å². The molecule has 0 fully saturated rings. The van der Waals surface area contributed by atoms with Crippen LogP contribution in [0, 0.1) is 0 Å². The van der Waals surface area contributed by atoms with Crippen LogP contribution in [0.1, 0.15) is 18.7 Å². The van der Waals surface area contributed by atoms with Crippen LogP contribution in [0.2, 0.25) is 0 Å². The van der Waals surface area contributed by atoms with Gasteiger partial charge in [0.2, 0.25) is 0 Å². The van der Waals surface area contributed by atoms with Crippen LogP contribution in [0.15, 0.2) is 64.7 Å². The van der Waals surface area contributed by atoms with Gasteiger partial charge in [0.25, 0.3) is 0 Å². The van der Waals surface area contributed by atoms with Gasteiger partial charge in [-0.15, -0.1) is 11.3 Å². The van der Waals surface area contributed by atoms with Crippen molar-refractivity contribution in [3.05, 3.63) is 66.1 Å². The van der Waals surface area contributed by atoms with Crippen molar-refractivity contribution < 1.29 is 9.52 Å². The Bertz CT molecular complexity index is 1000. The molecule has 0 radical (unpaired) electrons. The Labute approximate surface area is 155 Å². The molecule has 0 unspecified atom stereocenters. The summed E-state index contributed by atoms with van der Waals surface area (Å²) in [5.74, 6) is 1.53. The van der Waals surface area contributed by atoms with E-state index >= 15 is 0 Å². The Morgan fingerprint density at radius 3 is 2.77 bits per heavy atom. The Morgan fingerprint density at radius 2 is 2.04 bits per heavy atom. The second kappa shape index (κ2) is 6.72. The van der Waals surface area contributed by atoms with Gasteiger partial charge in [0.1, 0.15) is 22.3 Å². The van der Waals surface area contributed by atoms with Crippen molar-refractivity contribution in [3.63, 3.8) is 0 Å². The van der Waals surface area contributed by atoms with Gasteiger partial charge in [0.15, 0.2) is 0 Å². The van der Waals surface area contributed by atoms with E-state index in [-0.39, 0.29) is 11.8 Å². The minimum atomic E-state index is 0.0503. The molecule has 3 N–H and O–H groups in total. The predicted octanol–water partition coefficient (Wildman–Crippen LogP) is 4.96. The summed E-state index contributed by atoms with van der Waals surface area (Å²) in [5.41, 5.74) is 8.86. The van der Waals surface area contributed by atoms with Crippen LogP contribution < -0.4 is 5.73 Å². The third kappa shape index (κ3) is 2.99. The summed E-state index contributed by atoms with van der Waals surface area (Å²) in [6.45, 7) is 2.04. The normalized spacial score (nSPS) is 12.3. The summed E-state index contributed by atoms with van der Waals surface area (Å²) in [4.78, 5) is 4.67. The average Bonchev–Trinajstić information content (AvgIpc) is 3.37. The first-order valence-electron chi connectivity index (χ1n) is 8.36. The minimum absolute atomic E-state index is 0.0503. The van der Waals surface area contributed by atoms with Crippen LogP contribution in [0.25, 0.3) is 21.8 Å². The molecule has 4 aromatic rings. The fourth-order valence-corrected chi connectivity index (χ4v) is 3.95. The smallest absolute Gasteiger partial charge is 0.145 e. The van der Waals surface area contributed by atoms with Gasteiger partial charge in [-0.3, -0.25) is 0 Å². The molecule has 0 amide bonds. The van der Waals surface area contributed by atoms with Gasteiger partial charge in [0, 0.05) is 29.6 Å². The average molecular weight is 365 g/mol. The quantitative estimate of drug-likeness (QED) is 0.524. The number of thiazole rings is 1. The van der Waals surface area contributed by atoms with Crippen molar-refractivity contribution in [1.82, 2.24) is 9.55 Å².